The molecule has 1 N–H and O–H groups in total. The summed E-state index contributed by atoms with van der Waals surface area (Å²) >= 11 is 6.81. The average molecular weight is 531 g/mol. The van der Waals surface area contributed by atoms with E-state index in [9.17, 15) is 19.1 Å². The number of hydrogen-bond acceptors (Lipinski definition) is 7. The van der Waals surface area contributed by atoms with Crippen molar-refractivity contribution in [1.29, 1.82) is 0 Å². The zero-order chi connectivity index (χ0) is 26.5. The molecule has 2 fully saturated rings. The van der Waals surface area contributed by atoms with Gasteiger partial charge in [0.25, 0.3) is 5.91 Å². The summed E-state index contributed by atoms with van der Waals surface area (Å²) in [7, 11) is 0. The molecule has 37 heavy (non-hydrogen) atoms. The van der Waals surface area contributed by atoms with Crippen molar-refractivity contribution in [2.45, 2.75) is 32.0 Å². The van der Waals surface area contributed by atoms with E-state index < -0.39 is 11.4 Å². The maximum atomic E-state index is 15.0. The molecule has 0 unspecified atom stereocenters. The third-order valence-corrected chi connectivity index (χ3v) is 7.37. The number of aromatic hydroxyl groups is 1. The van der Waals surface area contributed by atoms with Crippen molar-refractivity contribution in [3.8, 4) is 22.8 Å². The van der Waals surface area contributed by atoms with Gasteiger partial charge in [0.15, 0.2) is 0 Å². The first-order valence-electron chi connectivity index (χ1n) is 12.0. The molecule has 3 aliphatic heterocycles. The number of morpholine rings is 1. The number of rotatable bonds is 3. The van der Waals surface area contributed by atoms with E-state index in [0.717, 1.165) is 0 Å². The van der Waals surface area contributed by atoms with Gasteiger partial charge in [0.2, 0.25) is 5.91 Å². The van der Waals surface area contributed by atoms with Crippen LogP contribution in [0.25, 0.3) is 11.3 Å². The Bertz CT molecular complexity index is 1270. The van der Waals surface area contributed by atoms with Crippen molar-refractivity contribution in [2.75, 3.05) is 44.4 Å². The highest BCUT2D eigenvalue weighted by molar-refractivity contribution is 6.35. The Morgan fingerprint density at radius 1 is 1.35 bits per heavy atom. The van der Waals surface area contributed by atoms with Crippen LogP contribution in [0.5, 0.6) is 11.5 Å². The second-order valence-corrected chi connectivity index (χ2v) is 10.4. The molecule has 9 nitrogen and oxygen atoms in total. The average Bonchev–Trinajstić information content (AvgIpc) is 3.04. The Hall–Kier alpha value is -3.21. The van der Waals surface area contributed by atoms with Crippen LogP contribution in [0, 0.1) is 5.82 Å². The first-order valence-corrected chi connectivity index (χ1v) is 12.4. The van der Waals surface area contributed by atoms with Gasteiger partial charge in [0.05, 0.1) is 29.3 Å². The number of carbonyl (C=O) groups excluding carboxylic acids is 2. The molecular formula is C26H28ClFN4O5. The molecule has 3 aliphatic rings. The summed E-state index contributed by atoms with van der Waals surface area (Å²) in [6, 6.07) is 3.78. The molecule has 5 rings (SSSR count). The van der Waals surface area contributed by atoms with E-state index in [2.05, 4.69) is 11.5 Å². The topological polar surface area (TPSA) is 95.4 Å². The number of hydrogen-bond donors (Lipinski definition) is 1. The van der Waals surface area contributed by atoms with Crippen LogP contribution in [-0.2, 0) is 20.9 Å². The number of phenolic OH excluding ortho intramolecular Hbond substituents is 1. The van der Waals surface area contributed by atoms with Crippen LogP contribution in [0.2, 0.25) is 5.02 Å². The first kappa shape index (κ1) is 25.4. The van der Waals surface area contributed by atoms with Crippen LogP contribution in [0.4, 0.5) is 10.2 Å². The molecule has 1 aromatic carbocycles. The van der Waals surface area contributed by atoms with Gasteiger partial charge in [-0.25, -0.2) is 9.37 Å². The predicted octanol–water partition coefficient (Wildman–Crippen LogP) is 2.98. The Labute approximate surface area is 219 Å². The van der Waals surface area contributed by atoms with Crippen molar-refractivity contribution in [3.63, 3.8) is 0 Å². The van der Waals surface area contributed by atoms with Gasteiger partial charge < -0.3 is 19.5 Å². The number of pyridine rings is 1. The summed E-state index contributed by atoms with van der Waals surface area (Å²) in [5.41, 5.74) is -0.383. The van der Waals surface area contributed by atoms with Crippen LogP contribution in [-0.4, -0.2) is 82.7 Å². The van der Waals surface area contributed by atoms with Gasteiger partial charge in [-0.1, -0.05) is 24.2 Å². The Morgan fingerprint density at radius 2 is 2.14 bits per heavy atom. The fraction of sp³-hybridized carbons (Fsp3) is 0.423. The van der Waals surface area contributed by atoms with E-state index in [1.165, 1.54) is 24.3 Å². The lowest BCUT2D eigenvalue weighted by Crippen LogP contribution is -2.57. The van der Waals surface area contributed by atoms with Crippen LogP contribution >= 0.6 is 11.6 Å². The molecule has 196 valence electrons. The second-order valence-electron chi connectivity index (χ2n) is 10.00. The van der Waals surface area contributed by atoms with Gasteiger partial charge in [-0.15, -0.1) is 0 Å². The molecule has 1 aromatic heterocycles. The number of phenols is 1. The molecular weight excluding hydrogens is 503 g/mol. The second kappa shape index (κ2) is 9.59. The zero-order valence-corrected chi connectivity index (χ0v) is 21.4. The number of benzene rings is 1. The van der Waals surface area contributed by atoms with Gasteiger partial charge in [0.1, 0.15) is 47.1 Å². The maximum absolute atomic E-state index is 15.0. The van der Waals surface area contributed by atoms with E-state index in [4.69, 9.17) is 26.1 Å². The van der Waals surface area contributed by atoms with Gasteiger partial charge >= 0.3 is 0 Å². The molecule has 0 saturated carbocycles. The normalized spacial score (nSPS) is 21.5. The van der Waals surface area contributed by atoms with E-state index in [1.54, 1.807) is 9.80 Å². The minimum atomic E-state index is -0.765. The maximum Gasteiger partial charge on any atom is 0.254 e. The van der Waals surface area contributed by atoms with Crippen LogP contribution in [0.1, 0.15) is 19.4 Å². The van der Waals surface area contributed by atoms with Crippen molar-refractivity contribution in [1.82, 2.24) is 14.8 Å². The summed E-state index contributed by atoms with van der Waals surface area (Å²) in [6.07, 6.45) is 1.29. The Kier molecular flexibility index (Phi) is 6.59. The van der Waals surface area contributed by atoms with Crippen molar-refractivity contribution < 1.29 is 28.6 Å². The number of ether oxygens (including phenoxy) is 2. The number of carbonyl (C=O) groups is 2. The quantitative estimate of drug-likeness (QED) is 0.610. The zero-order valence-electron chi connectivity index (χ0n) is 20.7. The molecule has 0 aliphatic carbocycles. The Morgan fingerprint density at radius 3 is 2.84 bits per heavy atom. The molecule has 0 bridgehead atoms. The fourth-order valence-corrected chi connectivity index (χ4v) is 5.49. The van der Waals surface area contributed by atoms with Gasteiger partial charge in [-0.2, -0.15) is 0 Å². The SMILES string of the molecule is C=CC(=O)N1CCN2Cc3c(N4C(=O)COCC4(C)C)nc(-c4c(O)cccc4F)c(Cl)c3OC[C@H]2C1. The van der Waals surface area contributed by atoms with Crippen LogP contribution in [0.15, 0.2) is 30.9 Å². The van der Waals surface area contributed by atoms with E-state index in [1.807, 2.05) is 13.8 Å². The summed E-state index contributed by atoms with van der Waals surface area (Å²) in [6.45, 7) is 9.50. The molecule has 0 spiro atoms. The predicted molar refractivity (Wildman–Crippen MR) is 135 cm³/mol. The van der Waals surface area contributed by atoms with Crippen molar-refractivity contribution in [2.24, 2.45) is 0 Å². The van der Waals surface area contributed by atoms with Crippen molar-refractivity contribution >= 4 is 29.2 Å². The highest BCUT2D eigenvalue weighted by atomic mass is 35.5. The van der Waals surface area contributed by atoms with Gasteiger partial charge in [-0.05, 0) is 32.1 Å². The van der Waals surface area contributed by atoms with Crippen LogP contribution < -0.4 is 9.64 Å². The highest BCUT2D eigenvalue weighted by Crippen LogP contribution is 2.47. The summed E-state index contributed by atoms with van der Waals surface area (Å²) < 4.78 is 26.7. The lowest BCUT2D eigenvalue weighted by atomic mass is 9.99. The Balaban J connectivity index is 1.68. The number of aromatic nitrogens is 1. The highest BCUT2D eigenvalue weighted by Gasteiger charge is 2.42. The lowest BCUT2D eigenvalue weighted by Gasteiger charge is -2.43. The van der Waals surface area contributed by atoms with Crippen molar-refractivity contribution in [3.05, 3.63) is 47.3 Å². The molecule has 2 amide bonds. The van der Waals surface area contributed by atoms with Gasteiger partial charge in [0, 0.05) is 26.2 Å². The molecule has 11 heteroatoms. The van der Waals surface area contributed by atoms with E-state index in [-0.39, 0.29) is 71.3 Å². The smallest absolute Gasteiger partial charge is 0.254 e. The summed E-state index contributed by atoms with van der Waals surface area (Å²) in [5.74, 6) is -0.954. The first-order chi connectivity index (χ1) is 17.6. The van der Waals surface area contributed by atoms with Crippen LogP contribution in [0.3, 0.4) is 0 Å². The summed E-state index contributed by atoms with van der Waals surface area (Å²) in [4.78, 5) is 35.6. The fourth-order valence-electron chi connectivity index (χ4n) is 5.19. The number of piperazine rings is 1. The number of anilines is 1. The van der Waals surface area contributed by atoms with E-state index in [0.29, 0.717) is 31.7 Å². The molecule has 2 aromatic rings. The molecule has 2 saturated heterocycles. The molecule has 4 heterocycles. The monoisotopic (exact) mass is 530 g/mol. The minimum Gasteiger partial charge on any atom is -0.507 e. The third kappa shape index (κ3) is 4.43. The summed E-state index contributed by atoms with van der Waals surface area (Å²) in [5, 5.41) is 10.6. The molecule has 1 atom stereocenters. The van der Waals surface area contributed by atoms with E-state index >= 15 is 0 Å². The minimum absolute atomic E-state index is 0.0237. The number of halogens is 2. The lowest BCUT2D eigenvalue weighted by molar-refractivity contribution is -0.130. The van der Waals surface area contributed by atoms with Gasteiger partial charge in [-0.3, -0.25) is 19.4 Å². The standard InChI is InChI=1S/C26H28ClFN4O5/c1-4-19(34)31-9-8-30-11-16-24(37-12-15(30)10-31)22(27)23(21-17(28)6-5-7-18(21)33)29-25(16)32-20(35)13-36-14-26(32,2)3/h4-7,15,33H,1,8-14H2,2-3H3/t15-/m1/s1. The number of amides is 2. The number of fused-ring (bicyclic) bond motifs is 2. The third-order valence-electron chi connectivity index (χ3n) is 7.02. The molecule has 0 radical (unpaired) electrons. The number of nitrogens with zero attached hydrogens (tertiary/aromatic N) is 4. The largest absolute Gasteiger partial charge is 0.507 e.